The number of phenols is 1. The van der Waals surface area contributed by atoms with E-state index in [4.69, 9.17) is 0 Å². The number of halogens is 1. The van der Waals surface area contributed by atoms with E-state index in [1.165, 1.54) is 18.2 Å². The van der Waals surface area contributed by atoms with Crippen LogP contribution in [0.1, 0.15) is 25.7 Å². The summed E-state index contributed by atoms with van der Waals surface area (Å²) in [5.41, 5.74) is 0.237. The van der Waals surface area contributed by atoms with Crippen molar-refractivity contribution in [2.75, 3.05) is 5.32 Å². The van der Waals surface area contributed by atoms with E-state index in [0.717, 1.165) is 25.7 Å². The molecule has 0 radical (unpaired) electrons. The first-order chi connectivity index (χ1) is 12.6. The van der Waals surface area contributed by atoms with E-state index in [1.807, 2.05) is 0 Å². The SMILES string of the molecule is Oc1cccc(F)c1-c1nnc(N[C@@H]2CCCC[C@H]2O)c2ccncc12. The van der Waals surface area contributed by atoms with E-state index >= 15 is 0 Å². The third kappa shape index (κ3) is 2.94. The molecule has 1 saturated carbocycles. The maximum Gasteiger partial charge on any atom is 0.157 e. The molecular weight excluding hydrogens is 335 g/mol. The highest BCUT2D eigenvalue weighted by Gasteiger charge is 2.25. The smallest absolute Gasteiger partial charge is 0.157 e. The number of hydrogen-bond acceptors (Lipinski definition) is 6. The predicted octanol–water partition coefficient (Wildman–Crippen LogP) is 3.25. The molecule has 0 spiro atoms. The minimum Gasteiger partial charge on any atom is -0.507 e. The van der Waals surface area contributed by atoms with Gasteiger partial charge < -0.3 is 15.5 Å². The molecule has 0 saturated heterocycles. The van der Waals surface area contributed by atoms with Crippen LogP contribution in [0.5, 0.6) is 5.75 Å². The van der Waals surface area contributed by atoms with Crippen LogP contribution >= 0.6 is 0 Å². The van der Waals surface area contributed by atoms with E-state index in [1.54, 1.807) is 18.5 Å². The van der Waals surface area contributed by atoms with Gasteiger partial charge in [0, 0.05) is 23.2 Å². The number of hydrogen-bond donors (Lipinski definition) is 3. The van der Waals surface area contributed by atoms with Crippen LogP contribution in [-0.4, -0.2) is 37.5 Å². The fourth-order valence-electron chi connectivity index (χ4n) is 3.49. The minimum atomic E-state index is -0.576. The van der Waals surface area contributed by atoms with Gasteiger partial charge in [-0.05, 0) is 31.0 Å². The molecule has 1 aliphatic rings. The Kier molecular flexibility index (Phi) is 4.38. The number of aromatic hydroxyl groups is 1. The molecule has 2 atom stereocenters. The van der Waals surface area contributed by atoms with Crippen molar-refractivity contribution in [3.05, 3.63) is 42.5 Å². The summed E-state index contributed by atoms with van der Waals surface area (Å²) >= 11 is 0. The third-order valence-corrected chi connectivity index (χ3v) is 4.86. The number of nitrogens with zero attached hydrogens (tertiary/aromatic N) is 3. The first-order valence-electron chi connectivity index (χ1n) is 8.68. The van der Waals surface area contributed by atoms with Gasteiger partial charge in [-0.3, -0.25) is 4.98 Å². The van der Waals surface area contributed by atoms with Gasteiger partial charge in [-0.15, -0.1) is 10.2 Å². The lowest BCUT2D eigenvalue weighted by Crippen LogP contribution is -2.36. The Morgan fingerprint density at radius 1 is 1.08 bits per heavy atom. The van der Waals surface area contributed by atoms with Crippen LogP contribution < -0.4 is 5.32 Å². The van der Waals surface area contributed by atoms with Crippen molar-refractivity contribution in [3.8, 4) is 17.0 Å². The number of benzene rings is 1. The van der Waals surface area contributed by atoms with Crippen molar-refractivity contribution in [3.63, 3.8) is 0 Å². The summed E-state index contributed by atoms with van der Waals surface area (Å²) in [5.74, 6) is -0.256. The van der Waals surface area contributed by atoms with Gasteiger partial charge in [0.2, 0.25) is 0 Å². The summed E-state index contributed by atoms with van der Waals surface area (Å²) in [5, 5.41) is 33.2. The number of fused-ring (bicyclic) bond motifs is 1. The highest BCUT2D eigenvalue weighted by Crippen LogP contribution is 2.36. The van der Waals surface area contributed by atoms with Gasteiger partial charge in [0.15, 0.2) is 5.82 Å². The second kappa shape index (κ2) is 6.84. The monoisotopic (exact) mass is 354 g/mol. The van der Waals surface area contributed by atoms with Gasteiger partial charge in [-0.2, -0.15) is 0 Å². The Hall–Kier alpha value is -2.80. The predicted molar refractivity (Wildman–Crippen MR) is 96.3 cm³/mol. The van der Waals surface area contributed by atoms with E-state index in [-0.39, 0.29) is 23.0 Å². The lowest BCUT2D eigenvalue weighted by molar-refractivity contribution is 0.116. The topological polar surface area (TPSA) is 91.2 Å². The average Bonchev–Trinajstić information content (AvgIpc) is 2.65. The number of phenolic OH excluding ortho intramolecular Hbond substituents is 1. The lowest BCUT2D eigenvalue weighted by atomic mass is 9.92. The van der Waals surface area contributed by atoms with Gasteiger partial charge in [-0.1, -0.05) is 18.9 Å². The number of rotatable bonds is 3. The van der Waals surface area contributed by atoms with Gasteiger partial charge in [0.1, 0.15) is 17.3 Å². The molecule has 3 aromatic rings. The number of pyridine rings is 1. The molecule has 4 rings (SSSR count). The molecule has 1 aliphatic carbocycles. The third-order valence-electron chi connectivity index (χ3n) is 4.86. The molecule has 1 fully saturated rings. The van der Waals surface area contributed by atoms with E-state index in [0.29, 0.717) is 16.6 Å². The zero-order chi connectivity index (χ0) is 18.1. The molecule has 7 heteroatoms. The number of aliphatic hydroxyl groups is 1. The van der Waals surface area contributed by atoms with Crippen LogP contribution in [0.3, 0.4) is 0 Å². The molecule has 0 bridgehead atoms. The molecule has 0 amide bonds. The highest BCUT2D eigenvalue weighted by molar-refractivity contribution is 6.00. The zero-order valence-electron chi connectivity index (χ0n) is 14.1. The van der Waals surface area contributed by atoms with Crippen LogP contribution in [0, 0.1) is 5.82 Å². The Morgan fingerprint density at radius 2 is 1.92 bits per heavy atom. The molecule has 0 unspecified atom stereocenters. The zero-order valence-corrected chi connectivity index (χ0v) is 14.1. The minimum absolute atomic E-state index is 0.00208. The average molecular weight is 354 g/mol. The number of anilines is 1. The first-order valence-corrected chi connectivity index (χ1v) is 8.68. The second-order valence-electron chi connectivity index (χ2n) is 6.56. The van der Waals surface area contributed by atoms with Gasteiger partial charge in [0.05, 0.1) is 17.7 Å². The molecule has 134 valence electrons. The quantitative estimate of drug-likeness (QED) is 0.669. The maximum atomic E-state index is 14.3. The fourth-order valence-corrected chi connectivity index (χ4v) is 3.49. The summed E-state index contributed by atoms with van der Waals surface area (Å²) in [6, 6.07) is 5.78. The molecule has 26 heavy (non-hydrogen) atoms. The Bertz CT molecular complexity index is 930. The van der Waals surface area contributed by atoms with Gasteiger partial charge >= 0.3 is 0 Å². The fraction of sp³-hybridized carbons (Fsp3) is 0.316. The van der Waals surface area contributed by atoms with E-state index < -0.39 is 11.9 Å². The van der Waals surface area contributed by atoms with Crippen LogP contribution in [0.15, 0.2) is 36.7 Å². The van der Waals surface area contributed by atoms with Crippen LogP contribution in [0.4, 0.5) is 10.2 Å². The van der Waals surface area contributed by atoms with Crippen LogP contribution in [0.2, 0.25) is 0 Å². The Labute approximate surface area is 149 Å². The molecule has 0 aliphatic heterocycles. The van der Waals surface area contributed by atoms with Crippen molar-refractivity contribution in [2.24, 2.45) is 0 Å². The molecule has 2 aromatic heterocycles. The summed E-state index contributed by atoms with van der Waals surface area (Å²) < 4.78 is 14.3. The van der Waals surface area contributed by atoms with Gasteiger partial charge in [0.25, 0.3) is 0 Å². The second-order valence-corrected chi connectivity index (χ2v) is 6.56. The first kappa shape index (κ1) is 16.7. The van der Waals surface area contributed by atoms with Crippen molar-refractivity contribution in [2.45, 2.75) is 37.8 Å². The lowest BCUT2D eigenvalue weighted by Gasteiger charge is -2.29. The standard InChI is InChI=1S/C19H19FN4O2/c20-13-4-3-7-16(26)17(13)18-12-10-21-9-8-11(12)19(24-23-18)22-14-5-1-2-6-15(14)25/h3-4,7-10,14-15,25-26H,1-2,5-6H2,(H,22,24)/t14-,15-/m1/s1. The Morgan fingerprint density at radius 3 is 2.73 bits per heavy atom. The largest absolute Gasteiger partial charge is 0.507 e. The number of nitrogens with one attached hydrogen (secondary N) is 1. The number of aromatic nitrogens is 3. The summed E-state index contributed by atoms with van der Waals surface area (Å²) in [4.78, 5) is 4.11. The normalized spacial score (nSPS) is 20.2. The summed E-state index contributed by atoms with van der Waals surface area (Å²) in [7, 11) is 0. The van der Waals surface area contributed by atoms with E-state index in [2.05, 4.69) is 20.5 Å². The maximum absolute atomic E-state index is 14.3. The Balaban J connectivity index is 1.81. The van der Waals surface area contributed by atoms with Crippen molar-refractivity contribution < 1.29 is 14.6 Å². The summed E-state index contributed by atoms with van der Waals surface area (Å²) in [6.07, 6.45) is 6.43. The number of aliphatic hydroxyl groups excluding tert-OH is 1. The molecule has 3 N–H and O–H groups in total. The van der Waals surface area contributed by atoms with Crippen molar-refractivity contribution in [1.29, 1.82) is 0 Å². The van der Waals surface area contributed by atoms with Gasteiger partial charge in [-0.25, -0.2) is 4.39 Å². The molecule has 1 aromatic carbocycles. The highest BCUT2D eigenvalue weighted by atomic mass is 19.1. The van der Waals surface area contributed by atoms with Crippen LogP contribution in [-0.2, 0) is 0 Å². The van der Waals surface area contributed by atoms with Crippen LogP contribution in [0.25, 0.3) is 22.0 Å². The molecule has 2 heterocycles. The molecule has 6 nitrogen and oxygen atoms in total. The van der Waals surface area contributed by atoms with Crippen molar-refractivity contribution in [1.82, 2.24) is 15.2 Å². The van der Waals surface area contributed by atoms with Crippen molar-refractivity contribution >= 4 is 16.6 Å². The molecular formula is C19H19FN4O2. The van der Waals surface area contributed by atoms with E-state index in [9.17, 15) is 14.6 Å². The summed E-state index contributed by atoms with van der Waals surface area (Å²) in [6.45, 7) is 0.